The molecule has 23 heavy (non-hydrogen) atoms. The molecule has 5 nitrogen and oxygen atoms in total. The van der Waals surface area contributed by atoms with E-state index in [0.717, 1.165) is 6.54 Å². The van der Waals surface area contributed by atoms with Crippen molar-refractivity contribution in [1.29, 1.82) is 0 Å². The van der Waals surface area contributed by atoms with Gasteiger partial charge in [0.1, 0.15) is 12.2 Å². The quantitative estimate of drug-likeness (QED) is 0.657. The van der Waals surface area contributed by atoms with Gasteiger partial charge in [0.15, 0.2) is 5.75 Å². The Morgan fingerprint density at radius 3 is 2.61 bits per heavy atom. The number of hydrogen-bond acceptors (Lipinski definition) is 5. The number of nitrogens with zero attached hydrogens (tertiary/aromatic N) is 1. The summed E-state index contributed by atoms with van der Waals surface area (Å²) >= 11 is 5.97. The fourth-order valence-electron chi connectivity index (χ4n) is 3.23. The molecule has 0 radical (unpaired) electrons. The fraction of sp³-hybridized carbons (Fsp3) is 0.588. The zero-order valence-corrected chi connectivity index (χ0v) is 14.7. The van der Waals surface area contributed by atoms with E-state index in [1.807, 2.05) is 0 Å². The minimum atomic E-state index is -0.464. The number of benzene rings is 1. The standard InChI is InChI=1S/C17H25ClN2O3/c1-11-5-4-6-12(2)20(11)7-8-23-17(21)14-9-13(18)10-15(19)16(14)22-3/h9-12H,4-8,19H2,1-3H3. The molecule has 2 N–H and O–H groups in total. The zero-order chi connectivity index (χ0) is 17.0. The van der Waals surface area contributed by atoms with E-state index in [9.17, 15) is 4.79 Å². The molecule has 0 amide bonds. The van der Waals surface area contributed by atoms with E-state index < -0.39 is 5.97 Å². The van der Waals surface area contributed by atoms with Crippen LogP contribution in [-0.2, 0) is 4.74 Å². The van der Waals surface area contributed by atoms with Gasteiger partial charge in [-0.15, -0.1) is 0 Å². The van der Waals surface area contributed by atoms with Crippen LogP contribution in [0.3, 0.4) is 0 Å². The van der Waals surface area contributed by atoms with E-state index in [-0.39, 0.29) is 5.56 Å². The van der Waals surface area contributed by atoms with Crippen molar-refractivity contribution in [2.24, 2.45) is 0 Å². The molecule has 128 valence electrons. The SMILES string of the molecule is COc1c(N)cc(Cl)cc1C(=O)OCCN1C(C)CCCC1C. The number of likely N-dealkylation sites (tertiary alicyclic amines) is 1. The van der Waals surface area contributed by atoms with Crippen molar-refractivity contribution < 1.29 is 14.3 Å². The average molecular weight is 341 g/mol. The third kappa shape index (κ3) is 4.30. The minimum Gasteiger partial charge on any atom is -0.494 e. The summed E-state index contributed by atoms with van der Waals surface area (Å²) in [5.74, 6) is -0.160. The van der Waals surface area contributed by atoms with Crippen molar-refractivity contribution in [3.8, 4) is 5.75 Å². The largest absolute Gasteiger partial charge is 0.494 e. The van der Waals surface area contributed by atoms with Crippen LogP contribution < -0.4 is 10.5 Å². The second-order valence-electron chi connectivity index (χ2n) is 6.08. The van der Waals surface area contributed by atoms with Gasteiger partial charge in [-0.1, -0.05) is 18.0 Å². The van der Waals surface area contributed by atoms with Gasteiger partial charge in [-0.05, 0) is 38.8 Å². The lowest BCUT2D eigenvalue weighted by Gasteiger charge is -2.38. The summed E-state index contributed by atoms with van der Waals surface area (Å²) in [7, 11) is 1.47. The molecule has 0 spiro atoms. The number of piperidine rings is 1. The molecule has 1 aromatic carbocycles. The number of methoxy groups -OCH3 is 1. The Kier molecular flexibility index (Phi) is 6.13. The van der Waals surface area contributed by atoms with Crippen LogP contribution in [0.15, 0.2) is 12.1 Å². The van der Waals surface area contributed by atoms with E-state index in [0.29, 0.717) is 35.2 Å². The lowest BCUT2D eigenvalue weighted by molar-refractivity contribution is 0.0337. The van der Waals surface area contributed by atoms with Gasteiger partial charge in [0, 0.05) is 23.7 Å². The number of rotatable bonds is 5. The molecule has 1 aliphatic heterocycles. The van der Waals surface area contributed by atoms with Crippen molar-refractivity contribution in [2.45, 2.75) is 45.2 Å². The Labute approximate surface area is 142 Å². The van der Waals surface area contributed by atoms with Crippen molar-refractivity contribution >= 4 is 23.3 Å². The molecule has 1 aliphatic rings. The van der Waals surface area contributed by atoms with Gasteiger partial charge in [0.2, 0.25) is 0 Å². The second kappa shape index (κ2) is 7.88. The first-order valence-corrected chi connectivity index (χ1v) is 8.37. The number of halogens is 1. The van der Waals surface area contributed by atoms with E-state index in [1.54, 1.807) is 6.07 Å². The predicted molar refractivity (Wildman–Crippen MR) is 92.2 cm³/mol. The lowest BCUT2D eigenvalue weighted by Crippen LogP contribution is -2.45. The molecule has 1 fully saturated rings. The molecule has 0 bridgehead atoms. The number of carbonyl (C=O) groups is 1. The highest BCUT2D eigenvalue weighted by molar-refractivity contribution is 6.31. The summed E-state index contributed by atoms with van der Waals surface area (Å²) in [4.78, 5) is 14.7. The van der Waals surface area contributed by atoms with Gasteiger partial charge in [0.05, 0.1) is 12.8 Å². The highest BCUT2D eigenvalue weighted by Gasteiger charge is 2.25. The first-order valence-electron chi connectivity index (χ1n) is 8.00. The van der Waals surface area contributed by atoms with E-state index in [1.165, 1.54) is 32.4 Å². The van der Waals surface area contributed by atoms with Gasteiger partial charge in [-0.25, -0.2) is 4.79 Å². The Hall–Kier alpha value is -1.46. The fourth-order valence-corrected chi connectivity index (χ4v) is 3.46. The van der Waals surface area contributed by atoms with Crippen molar-refractivity contribution in [3.05, 3.63) is 22.7 Å². The smallest absolute Gasteiger partial charge is 0.342 e. The highest BCUT2D eigenvalue weighted by atomic mass is 35.5. The van der Waals surface area contributed by atoms with E-state index in [4.69, 9.17) is 26.8 Å². The molecular weight excluding hydrogens is 316 g/mol. The molecular formula is C17H25ClN2O3. The summed E-state index contributed by atoms with van der Waals surface area (Å²) in [5, 5.41) is 0.383. The first-order chi connectivity index (χ1) is 10.9. The number of carbonyl (C=O) groups excluding carboxylic acids is 1. The molecule has 1 saturated heterocycles. The van der Waals surface area contributed by atoms with Crippen molar-refractivity contribution in [2.75, 3.05) is 26.0 Å². The lowest BCUT2D eigenvalue weighted by atomic mass is 9.98. The summed E-state index contributed by atoms with van der Waals surface area (Å²) in [6, 6.07) is 4.11. The average Bonchev–Trinajstić information content (AvgIpc) is 2.49. The number of ether oxygens (including phenoxy) is 2. The number of nitrogen functional groups attached to an aromatic ring is 1. The minimum absolute atomic E-state index is 0.261. The molecule has 0 aromatic heterocycles. The Morgan fingerprint density at radius 1 is 1.35 bits per heavy atom. The van der Waals surface area contributed by atoms with Crippen LogP contribution in [0.4, 0.5) is 5.69 Å². The van der Waals surface area contributed by atoms with Gasteiger partial charge in [0.25, 0.3) is 0 Å². The van der Waals surface area contributed by atoms with Crippen LogP contribution in [0.25, 0.3) is 0 Å². The Bertz CT molecular complexity index is 555. The maximum absolute atomic E-state index is 12.3. The van der Waals surface area contributed by atoms with Gasteiger partial charge < -0.3 is 15.2 Å². The van der Waals surface area contributed by atoms with Crippen molar-refractivity contribution in [3.63, 3.8) is 0 Å². The predicted octanol–water partition coefficient (Wildman–Crippen LogP) is 3.35. The maximum atomic E-state index is 12.3. The van der Waals surface area contributed by atoms with E-state index in [2.05, 4.69) is 18.7 Å². The molecule has 2 rings (SSSR count). The van der Waals surface area contributed by atoms with Gasteiger partial charge in [-0.2, -0.15) is 0 Å². The summed E-state index contributed by atoms with van der Waals surface area (Å²) < 4.78 is 10.6. The molecule has 2 unspecified atom stereocenters. The normalized spacial score (nSPS) is 21.9. The van der Waals surface area contributed by atoms with Crippen LogP contribution >= 0.6 is 11.6 Å². The number of esters is 1. The summed E-state index contributed by atoms with van der Waals surface area (Å²) in [5.41, 5.74) is 6.41. The zero-order valence-electron chi connectivity index (χ0n) is 14.0. The Morgan fingerprint density at radius 2 is 2.00 bits per heavy atom. The Balaban J connectivity index is 1.97. The molecule has 1 heterocycles. The van der Waals surface area contributed by atoms with E-state index >= 15 is 0 Å². The third-order valence-electron chi connectivity index (χ3n) is 4.47. The second-order valence-corrected chi connectivity index (χ2v) is 6.51. The first kappa shape index (κ1) is 17.9. The summed E-state index contributed by atoms with van der Waals surface area (Å²) in [6.45, 7) is 5.51. The topological polar surface area (TPSA) is 64.8 Å². The van der Waals surface area contributed by atoms with Gasteiger partial charge in [-0.3, -0.25) is 4.90 Å². The third-order valence-corrected chi connectivity index (χ3v) is 4.68. The number of anilines is 1. The van der Waals surface area contributed by atoms with Crippen LogP contribution in [0, 0.1) is 0 Å². The van der Waals surface area contributed by atoms with Crippen LogP contribution in [0.5, 0.6) is 5.75 Å². The number of nitrogens with two attached hydrogens (primary N) is 1. The molecule has 6 heteroatoms. The summed E-state index contributed by atoms with van der Waals surface area (Å²) in [6.07, 6.45) is 3.64. The molecule has 0 saturated carbocycles. The molecule has 0 aliphatic carbocycles. The number of hydrogen-bond donors (Lipinski definition) is 1. The van der Waals surface area contributed by atoms with Crippen molar-refractivity contribution in [1.82, 2.24) is 4.90 Å². The molecule has 2 atom stereocenters. The highest BCUT2D eigenvalue weighted by Crippen LogP contribution is 2.30. The van der Waals surface area contributed by atoms with Crippen LogP contribution in [-0.4, -0.2) is 43.2 Å². The monoisotopic (exact) mass is 340 g/mol. The van der Waals surface area contributed by atoms with Crippen LogP contribution in [0.1, 0.15) is 43.5 Å². The van der Waals surface area contributed by atoms with Crippen LogP contribution in [0.2, 0.25) is 5.02 Å². The maximum Gasteiger partial charge on any atom is 0.342 e. The van der Waals surface area contributed by atoms with Gasteiger partial charge >= 0.3 is 5.97 Å². The molecule has 1 aromatic rings.